The summed E-state index contributed by atoms with van der Waals surface area (Å²) in [6, 6.07) is 2.11. The first-order valence-corrected chi connectivity index (χ1v) is 7.56. The molecule has 0 unspecified atom stereocenters. The van der Waals surface area contributed by atoms with Crippen LogP contribution in [0, 0.1) is 5.92 Å². The maximum absolute atomic E-state index is 4.74. The lowest BCUT2D eigenvalue weighted by Gasteiger charge is -2.18. The molecule has 1 aromatic heterocycles. The maximum Gasteiger partial charge on any atom is 0.227 e. The van der Waals surface area contributed by atoms with Crippen LogP contribution in [0.1, 0.15) is 45.7 Å². The van der Waals surface area contributed by atoms with E-state index in [9.17, 15) is 0 Å². The zero-order chi connectivity index (χ0) is 13.7. The summed E-state index contributed by atoms with van der Waals surface area (Å²) in [6.45, 7) is 9.80. The van der Waals surface area contributed by atoms with Gasteiger partial charge in [-0.3, -0.25) is 0 Å². The summed E-state index contributed by atoms with van der Waals surface area (Å²) in [6.07, 6.45) is 4.65. The van der Waals surface area contributed by atoms with Gasteiger partial charge in [0.25, 0.3) is 0 Å². The molecule has 0 amide bonds. The Morgan fingerprint density at radius 3 is 2.63 bits per heavy atom. The van der Waals surface area contributed by atoms with E-state index in [4.69, 9.17) is 4.98 Å². The van der Waals surface area contributed by atoms with Crippen LogP contribution in [0.25, 0.3) is 0 Å². The highest BCUT2D eigenvalue weighted by atomic mass is 15.3. The molecule has 1 aromatic rings. The van der Waals surface area contributed by atoms with Crippen LogP contribution in [-0.4, -0.2) is 29.6 Å². The number of nitrogens with one attached hydrogen (secondary N) is 1. The average Bonchev–Trinajstić information content (AvgIpc) is 2.89. The molecule has 0 aromatic carbocycles. The van der Waals surface area contributed by atoms with Crippen molar-refractivity contribution in [3.8, 4) is 0 Å². The van der Waals surface area contributed by atoms with Crippen LogP contribution in [0.4, 0.5) is 11.8 Å². The fourth-order valence-corrected chi connectivity index (χ4v) is 2.41. The molecule has 0 spiro atoms. The summed E-state index contributed by atoms with van der Waals surface area (Å²) in [4.78, 5) is 11.7. The standard InChI is InChI=1S/C15H26N4/c1-4-7-16-14-11-13(10-12(2)3)17-15(18-14)19-8-5-6-9-19/h11-12H,4-10H2,1-3H3,(H,16,17,18). The molecule has 4 heteroatoms. The first kappa shape index (κ1) is 14.1. The second-order valence-electron chi connectivity index (χ2n) is 5.76. The van der Waals surface area contributed by atoms with Crippen molar-refractivity contribution >= 4 is 11.8 Å². The molecule has 1 saturated heterocycles. The molecule has 2 rings (SSSR count). The molecular weight excluding hydrogens is 236 g/mol. The third-order valence-electron chi connectivity index (χ3n) is 3.33. The Morgan fingerprint density at radius 1 is 1.26 bits per heavy atom. The average molecular weight is 262 g/mol. The van der Waals surface area contributed by atoms with Crippen LogP contribution in [0.3, 0.4) is 0 Å². The van der Waals surface area contributed by atoms with Crippen molar-refractivity contribution < 1.29 is 0 Å². The van der Waals surface area contributed by atoms with E-state index in [1.54, 1.807) is 0 Å². The molecule has 1 fully saturated rings. The molecule has 1 aliphatic heterocycles. The van der Waals surface area contributed by atoms with Crippen LogP contribution in [-0.2, 0) is 6.42 Å². The summed E-state index contributed by atoms with van der Waals surface area (Å²) in [5.74, 6) is 2.52. The van der Waals surface area contributed by atoms with E-state index in [1.807, 2.05) is 0 Å². The zero-order valence-electron chi connectivity index (χ0n) is 12.4. The van der Waals surface area contributed by atoms with Gasteiger partial charge in [-0.2, -0.15) is 4.98 Å². The van der Waals surface area contributed by atoms with E-state index in [0.29, 0.717) is 5.92 Å². The predicted molar refractivity (Wildman–Crippen MR) is 80.8 cm³/mol. The van der Waals surface area contributed by atoms with Crippen molar-refractivity contribution in [2.24, 2.45) is 5.92 Å². The van der Waals surface area contributed by atoms with Crippen LogP contribution >= 0.6 is 0 Å². The van der Waals surface area contributed by atoms with Crippen molar-refractivity contribution in [1.82, 2.24) is 9.97 Å². The van der Waals surface area contributed by atoms with Crippen LogP contribution < -0.4 is 10.2 Å². The molecule has 0 aliphatic carbocycles. The van der Waals surface area contributed by atoms with E-state index in [2.05, 4.69) is 42.0 Å². The first-order chi connectivity index (χ1) is 9.19. The van der Waals surface area contributed by atoms with Gasteiger partial charge >= 0.3 is 0 Å². The van der Waals surface area contributed by atoms with Gasteiger partial charge in [0.2, 0.25) is 5.95 Å². The Kier molecular flexibility index (Phi) is 5.00. The molecular formula is C15H26N4. The van der Waals surface area contributed by atoms with Gasteiger partial charge in [0, 0.05) is 31.4 Å². The van der Waals surface area contributed by atoms with Gasteiger partial charge in [-0.15, -0.1) is 0 Å². The second-order valence-corrected chi connectivity index (χ2v) is 5.76. The molecule has 1 N–H and O–H groups in total. The Balaban J connectivity index is 2.19. The number of hydrogen-bond acceptors (Lipinski definition) is 4. The van der Waals surface area contributed by atoms with E-state index in [0.717, 1.165) is 49.9 Å². The largest absolute Gasteiger partial charge is 0.370 e. The molecule has 0 atom stereocenters. The summed E-state index contributed by atoms with van der Waals surface area (Å²) in [7, 11) is 0. The lowest BCUT2D eigenvalue weighted by Crippen LogP contribution is -2.22. The smallest absolute Gasteiger partial charge is 0.227 e. The van der Waals surface area contributed by atoms with Crippen molar-refractivity contribution in [2.45, 2.75) is 46.5 Å². The second kappa shape index (κ2) is 6.73. The fourth-order valence-electron chi connectivity index (χ4n) is 2.41. The lowest BCUT2D eigenvalue weighted by atomic mass is 10.1. The Bertz CT molecular complexity index is 397. The highest BCUT2D eigenvalue weighted by Gasteiger charge is 2.16. The van der Waals surface area contributed by atoms with Crippen molar-refractivity contribution in [2.75, 3.05) is 29.9 Å². The highest BCUT2D eigenvalue weighted by Crippen LogP contribution is 2.20. The number of aromatic nitrogens is 2. The minimum atomic E-state index is 0.625. The molecule has 0 saturated carbocycles. The van der Waals surface area contributed by atoms with Crippen LogP contribution in [0.5, 0.6) is 0 Å². The molecule has 0 bridgehead atoms. The molecule has 19 heavy (non-hydrogen) atoms. The first-order valence-electron chi connectivity index (χ1n) is 7.56. The monoisotopic (exact) mass is 262 g/mol. The van der Waals surface area contributed by atoms with Gasteiger partial charge in [-0.05, 0) is 31.6 Å². The topological polar surface area (TPSA) is 41.1 Å². The number of nitrogens with zero attached hydrogens (tertiary/aromatic N) is 3. The van der Waals surface area contributed by atoms with E-state index in [-0.39, 0.29) is 0 Å². The number of hydrogen-bond donors (Lipinski definition) is 1. The minimum Gasteiger partial charge on any atom is -0.370 e. The van der Waals surface area contributed by atoms with Gasteiger partial charge in [0.15, 0.2) is 0 Å². The third kappa shape index (κ3) is 4.08. The third-order valence-corrected chi connectivity index (χ3v) is 3.33. The normalized spacial score (nSPS) is 15.3. The molecule has 2 heterocycles. The summed E-state index contributed by atoms with van der Waals surface area (Å²) >= 11 is 0. The van der Waals surface area contributed by atoms with Gasteiger partial charge in [0.05, 0.1) is 0 Å². The van der Waals surface area contributed by atoms with Crippen molar-refractivity contribution in [1.29, 1.82) is 0 Å². The van der Waals surface area contributed by atoms with Crippen molar-refractivity contribution in [3.05, 3.63) is 11.8 Å². The Morgan fingerprint density at radius 2 is 2.00 bits per heavy atom. The quantitative estimate of drug-likeness (QED) is 0.855. The minimum absolute atomic E-state index is 0.625. The molecule has 106 valence electrons. The van der Waals surface area contributed by atoms with Crippen LogP contribution in [0.15, 0.2) is 6.07 Å². The van der Waals surface area contributed by atoms with E-state index < -0.39 is 0 Å². The zero-order valence-corrected chi connectivity index (χ0v) is 12.4. The summed E-state index contributed by atoms with van der Waals surface area (Å²) in [5, 5.41) is 3.39. The molecule has 0 radical (unpaired) electrons. The van der Waals surface area contributed by atoms with E-state index in [1.165, 1.54) is 12.8 Å². The molecule has 1 aliphatic rings. The van der Waals surface area contributed by atoms with E-state index >= 15 is 0 Å². The summed E-state index contributed by atoms with van der Waals surface area (Å²) in [5.41, 5.74) is 1.16. The van der Waals surface area contributed by atoms with Gasteiger partial charge in [0.1, 0.15) is 5.82 Å². The fraction of sp³-hybridized carbons (Fsp3) is 0.733. The SMILES string of the molecule is CCCNc1cc(CC(C)C)nc(N2CCCC2)n1. The highest BCUT2D eigenvalue weighted by molar-refractivity contribution is 5.44. The number of anilines is 2. The lowest BCUT2D eigenvalue weighted by molar-refractivity contribution is 0.633. The summed E-state index contributed by atoms with van der Waals surface area (Å²) < 4.78 is 0. The molecule has 4 nitrogen and oxygen atoms in total. The van der Waals surface area contributed by atoms with Crippen LogP contribution in [0.2, 0.25) is 0 Å². The van der Waals surface area contributed by atoms with Crippen molar-refractivity contribution in [3.63, 3.8) is 0 Å². The number of rotatable bonds is 6. The van der Waals surface area contributed by atoms with Gasteiger partial charge in [-0.1, -0.05) is 20.8 Å². The Labute approximate surface area is 116 Å². The predicted octanol–water partition coefficient (Wildman–Crippen LogP) is 3.10. The Hall–Kier alpha value is -1.32. The van der Waals surface area contributed by atoms with Gasteiger partial charge in [-0.25, -0.2) is 4.98 Å². The maximum atomic E-state index is 4.74. The van der Waals surface area contributed by atoms with Gasteiger partial charge < -0.3 is 10.2 Å².